The van der Waals surface area contributed by atoms with E-state index in [9.17, 15) is 16.8 Å². The molecule has 0 aliphatic carbocycles. The Morgan fingerprint density at radius 3 is 1.42 bits per heavy atom. The number of aliphatic hydroxyl groups excluding tert-OH is 1. The van der Waals surface area contributed by atoms with Crippen LogP contribution in [0.25, 0.3) is 0 Å². The number of hydrogen-bond acceptors (Lipinski definition) is 5. The minimum Gasteiger partial charge on any atom is -0.365 e. The molecule has 5 nitrogen and oxygen atoms in total. The van der Waals surface area contributed by atoms with Gasteiger partial charge in [0.15, 0.2) is 19.7 Å². The standard InChI is InChI=1S/C5H12O5S2/c1-3-11(7,8)5(6)12(9,10)4-2/h5-6H,3-4H2,1-2H3. The zero-order valence-electron chi connectivity index (χ0n) is 6.89. The second-order valence-corrected chi connectivity index (χ2v) is 7.21. The van der Waals surface area contributed by atoms with Crippen LogP contribution in [-0.4, -0.2) is 38.2 Å². The van der Waals surface area contributed by atoms with E-state index in [2.05, 4.69) is 0 Å². The fourth-order valence-electron chi connectivity index (χ4n) is 0.509. The first-order chi connectivity index (χ1) is 5.28. The topological polar surface area (TPSA) is 88.5 Å². The van der Waals surface area contributed by atoms with E-state index in [1.165, 1.54) is 13.8 Å². The number of sulfone groups is 2. The van der Waals surface area contributed by atoms with Crippen molar-refractivity contribution in [3.05, 3.63) is 0 Å². The van der Waals surface area contributed by atoms with Crippen LogP contribution in [0.4, 0.5) is 0 Å². The van der Waals surface area contributed by atoms with Crippen molar-refractivity contribution in [1.82, 2.24) is 0 Å². The van der Waals surface area contributed by atoms with Gasteiger partial charge < -0.3 is 5.11 Å². The van der Waals surface area contributed by atoms with E-state index >= 15 is 0 Å². The highest BCUT2D eigenvalue weighted by molar-refractivity contribution is 8.08. The van der Waals surface area contributed by atoms with E-state index in [0.717, 1.165) is 0 Å². The molecular weight excluding hydrogens is 204 g/mol. The Labute approximate surface area is 72.2 Å². The van der Waals surface area contributed by atoms with E-state index in [4.69, 9.17) is 5.11 Å². The van der Waals surface area contributed by atoms with Crippen molar-refractivity contribution in [3.8, 4) is 0 Å². The molecule has 0 radical (unpaired) electrons. The van der Waals surface area contributed by atoms with Crippen molar-refractivity contribution < 1.29 is 21.9 Å². The van der Waals surface area contributed by atoms with Crippen molar-refractivity contribution in [3.63, 3.8) is 0 Å². The van der Waals surface area contributed by atoms with Crippen molar-refractivity contribution in [2.75, 3.05) is 11.5 Å². The Hall–Kier alpha value is -0.140. The average Bonchev–Trinajstić information content (AvgIpc) is 2.03. The van der Waals surface area contributed by atoms with Gasteiger partial charge in [0.25, 0.3) is 4.77 Å². The maximum absolute atomic E-state index is 10.9. The van der Waals surface area contributed by atoms with E-state index < -0.39 is 24.4 Å². The molecule has 0 aliphatic rings. The van der Waals surface area contributed by atoms with Gasteiger partial charge in [-0.3, -0.25) is 0 Å². The molecule has 0 saturated carbocycles. The molecule has 0 bridgehead atoms. The van der Waals surface area contributed by atoms with Gasteiger partial charge in [0.1, 0.15) is 0 Å². The molecule has 0 heterocycles. The molecule has 0 aromatic rings. The van der Waals surface area contributed by atoms with E-state index in [1.807, 2.05) is 0 Å². The minimum absolute atomic E-state index is 0.382. The second kappa shape index (κ2) is 3.71. The van der Waals surface area contributed by atoms with Crippen molar-refractivity contribution in [2.24, 2.45) is 0 Å². The monoisotopic (exact) mass is 216 g/mol. The SMILES string of the molecule is CCS(=O)(=O)C(O)S(=O)(=O)CC. The molecule has 0 spiro atoms. The number of rotatable bonds is 4. The predicted octanol–water partition coefficient (Wildman–Crippen LogP) is -0.868. The minimum atomic E-state index is -3.90. The molecule has 1 N–H and O–H groups in total. The summed E-state index contributed by atoms with van der Waals surface area (Å²) < 4.78 is 41.2. The van der Waals surface area contributed by atoms with Crippen molar-refractivity contribution in [2.45, 2.75) is 18.6 Å². The van der Waals surface area contributed by atoms with Crippen LogP contribution < -0.4 is 0 Å². The van der Waals surface area contributed by atoms with Crippen LogP contribution in [0.5, 0.6) is 0 Å². The first kappa shape index (κ1) is 11.9. The van der Waals surface area contributed by atoms with Gasteiger partial charge in [0, 0.05) is 0 Å². The van der Waals surface area contributed by atoms with Crippen LogP contribution in [0.1, 0.15) is 13.8 Å². The molecule has 12 heavy (non-hydrogen) atoms. The molecule has 0 fully saturated rings. The fourth-order valence-corrected chi connectivity index (χ4v) is 3.68. The van der Waals surface area contributed by atoms with Gasteiger partial charge in [-0.1, -0.05) is 13.8 Å². The summed E-state index contributed by atoms with van der Waals surface area (Å²) in [6.45, 7) is 2.56. The zero-order valence-corrected chi connectivity index (χ0v) is 8.52. The van der Waals surface area contributed by atoms with Crippen molar-refractivity contribution in [1.29, 1.82) is 0 Å². The molecule has 0 atom stereocenters. The molecule has 0 saturated heterocycles. The Kier molecular flexibility index (Phi) is 3.67. The van der Waals surface area contributed by atoms with Crippen LogP contribution in [0.2, 0.25) is 0 Å². The lowest BCUT2D eigenvalue weighted by molar-refractivity contribution is 0.314. The smallest absolute Gasteiger partial charge is 0.258 e. The summed E-state index contributed by atoms with van der Waals surface area (Å²) in [5, 5.41) is 8.93. The first-order valence-electron chi connectivity index (χ1n) is 3.39. The highest BCUT2D eigenvalue weighted by Gasteiger charge is 2.32. The Morgan fingerprint density at radius 1 is 1.00 bits per heavy atom. The predicted molar refractivity (Wildman–Crippen MR) is 44.9 cm³/mol. The molecule has 7 heteroatoms. The molecule has 74 valence electrons. The summed E-state index contributed by atoms with van der Waals surface area (Å²) in [4.78, 5) is 0. The third-order valence-corrected chi connectivity index (χ3v) is 6.02. The summed E-state index contributed by atoms with van der Waals surface area (Å²) in [7, 11) is -7.80. The van der Waals surface area contributed by atoms with E-state index in [1.54, 1.807) is 0 Å². The first-order valence-corrected chi connectivity index (χ1v) is 6.82. The number of hydrogen-bond donors (Lipinski definition) is 1. The Bertz CT molecular complexity index is 291. The highest BCUT2D eigenvalue weighted by atomic mass is 32.3. The molecule has 0 rings (SSSR count). The maximum atomic E-state index is 10.9. The largest absolute Gasteiger partial charge is 0.365 e. The summed E-state index contributed by atoms with van der Waals surface area (Å²) in [5.41, 5.74) is 0. The third-order valence-electron chi connectivity index (χ3n) is 1.42. The fraction of sp³-hybridized carbons (Fsp3) is 1.00. The van der Waals surface area contributed by atoms with E-state index in [0.29, 0.717) is 0 Å². The van der Waals surface area contributed by atoms with Crippen LogP contribution in [0, 0.1) is 0 Å². The highest BCUT2D eigenvalue weighted by Crippen LogP contribution is 2.07. The Morgan fingerprint density at radius 2 is 1.25 bits per heavy atom. The summed E-state index contributed by atoms with van der Waals surface area (Å²) in [5.74, 6) is -0.763. The lowest BCUT2D eigenvalue weighted by Crippen LogP contribution is -2.32. The summed E-state index contributed by atoms with van der Waals surface area (Å²) >= 11 is 0. The lowest BCUT2D eigenvalue weighted by Gasteiger charge is -2.09. The summed E-state index contributed by atoms with van der Waals surface area (Å²) in [6.07, 6.45) is 0. The van der Waals surface area contributed by atoms with Crippen LogP contribution in [-0.2, 0) is 19.7 Å². The van der Waals surface area contributed by atoms with Crippen molar-refractivity contribution >= 4 is 19.7 Å². The summed E-state index contributed by atoms with van der Waals surface area (Å²) in [6, 6.07) is 0. The number of aliphatic hydroxyl groups is 1. The van der Waals surface area contributed by atoms with Gasteiger partial charge in [-0.05, 0) is 0 Å². The molecule has 0 unspecified atom stereocenters. The normalized spacial score (nSPS) is 13.7. The second-order valence-electron chi connectivity index (χ2n) is 2.21. The molecule has 0 aromatic carbocycles. The molecule has 0 amide bonds. The lowest BCUT2D eigenvalue weighted by atomic mass is 11.0. The van der Waals surface area contributed by atoms with Gasteiger partial charge in [-0.2, -0.15) is 0 Å². The van der Waals surface area contributed by atoms with Gasteiger partial charge in [0.05, 0.1) is 11.5 Å². The van der Waals surface area contributed by atoms with Crippen LogP contribution in [0.15, 0.2) is 0 Å². The van der Waals surface area contributed by atoms with Crippen LogP contribution >= 0.6 is 0 Å². The quantitative estimate of drug-likeness (QED) is 0.660. The average molecular weight is 216 g/mol. The molecular formula is C5H12O5S2. The van der Waals surface area contributed by atoms with Gasteiger partial charge in [0.2, 0.25) is 0 Å². The third kappa shape index (κ3) is 2.43. The Balaban J connectivity index is 5.00. The molecule has 0 aliphatic heterocycles. The molecule has 0 aromatic heterocycles. The van der Waals surface area contributed by atoms with E-state index in [-0.39, 0.29) is 11.5 Å². The van der Waals surface area contributed by atoms with Gasteiger partial charge in [-0.25, -0.2) is 16.8 Å². The van der Waals surface area contributed by atoms with Gasteiger partial charge in [-0.15, -0.1) is 0 Å². The van der Waals surface area contributed by atoms with Gasteiger partial charge >= 0.3 is 0 Å². The maximum Gasteiger partial charge on any atom is 0.258 e. The van der Waals surface area contributed by atoms with Crippen LogP contribution in [0.3, 0.4) is 0 Å². The zero-order chi connectivity index (χ0) is 9.99.